The molecule has 2 heterocycles. The number of nitrogens with zero attached hydrogens (tertiary/aromatic N) is 2. The molecule has 2 aliphatic heterocycles. The molecule has 20 heavy (non-hydrogen) atoms. The van der Waals surface area contributed by atoms with Crippen molar-refractivity contribution in [3.05, 3.63) is 35.4 Å². The minimum Gasteiger partial charge on any atom is -0.336 e. The highest BCUT2D eigenvalue weighted by Crippen LogP contribution is 2.20. The van der Waals surface area contributed by atoms with Crippen LogP contribution in [0.4, 0.5) is 0 Å². The molecule has 2 amide bonds. The van der Waals surface area contributed by atoms with Gasteiger partial charge in [-0.1, -0.05) is 24.3 Å². The Kier molecular flexibility index (Phi) is 3.24. The second-order valence-corrected chi connectivity index (χ2v) is 5.96. The Morgan fingerprint density at radius 1 is 0.900 bits per heavy atom. The fourth-order valence-corrected chi connectivity index (χ4v) is 2.50. The summed E-state index contributed by atoms with van der Waals surface area (Å²) < 4.78 is 0. The molecular formula is C16H20N2O2. The smallest absolute Gasteiger partial charge is 0.227 e. The highest BCUT2D eigenvalue weighted by atomic mass is 16.2. The summed E-state index contributed by atoms with van der Waals surface area (Å²) >= 11 is 0. The van der Waals surface area contributed by atoms with E-state index in [0.29, 0.717) is 24.9 Å². The molecule has 2 saturated heterocycles. The molecule has 2 atom stereocenters. The maximum atomic E-state index is 11.8. The lowest BCUT2D eigenvalue weighted by molar-refractivity contribution is -0.126. The number of carbonyl (C=O) groups is 2. The van der Waals surface area contributed by atoms with Gasteiger partial charge in [-0.3, -0.25) is 9.59 Å². The highest BCUT2D eigenvalue weighted by Gasteiger charge is 2.34. The molecule has 0 spiro atoms. The summed E-state index contributed by atoms with van der Waals surface area (Å²) in [5.74, 6) is 0.387. The quantitative estimate of drug-likeness (QED) is 0.774. The predicted molar refractivity (Wildman–Crippen MR) is 76.2 cm³/mol. The number of amides is 2. The van der Waals surface area contributed by atoms with Crippen molar-refractivity contribution >= 4 is 11.8 Å². The summed E-state index contributed by atoms with van der Waals surface area (Å²) in [5.41, 5.74) is 2.04. The number of carbonyl (C=O) groups excluding carboxylic acids is 2. The van der Waals surface area contributed by atoms with Crippen LogP contribution in [0.15, 0.2) is 24.3 Å². The van der Waals surface area contributed by atoms with Gasteiger partial charge in [0.15, 0.2) is 0 Å². The zero-order valence-corrected chi connectivity index (χ0v) is 12.0. The molecule has 0 radical (unpaired) electrons. The van der Waals surface area contributed by atoms with Crippen LogP contribution in [0.1, 0.15) is 25.0 Å². The van der Waals surface area contributed by atoms with Crippen molar-refractivity contribution in [3.63, 3.8) is 0 Å². The Morgan fingerprint density at radius 3 is 1.45 bits per heavy atom. The molecule has 4 nitrogen and oxygen atoms in total. The molecule has 0 unspecified atom stereocenters. The van der Waals surface area contributed by atoms with Crippen LogP contribution in [0.3, 0.4) is 0 Å². The van der Waals surface area contributed by atoms with Crippen molar-refractivity contribution in [1.29, 1.82) is 0 Å². The average molecular weight is 272 g/mol. The van der Waals surface area contributed by atoms with Crippen molar-refractivity contribution in [1.82, 2.24) is 9.80 Å². The van der Waals surface area contributed by atoms with Gasteiger partial charge in [-0.2, -0.15) is 0 Å². The fourth-order valence-electron chi connectivity index (χ4n) is 2.50. The van der Waals surface area contributed by atoms with Crippen LogP contribution in [0, 0.1) is 0 Å². The van der Waals surface area contributed by atoms with Crippen molar-refractivity contribution in [2.45, 2.75) is 38.8 Å². The minimum atomic E-state index is 0.194. The molecule has 106 valence electrons. The van der Waals surface area contributed by atoms with E-state index in [-0.39, 0.29) is 11.8 Å². The van der Waals surface area contributed by atoms with Gasteiger partial charge in [0.25, 0.3) is 0 Å². The van der Waals surface area contributed by atoms with Gasteiger partial charge < -0.3 is 9.80 Å². The van der Waals surface area contributed by atoms with E-state index < -0.39 is 0 Å². The summed E-state index contributed by atoms with van der Waals surface area (Å²) in [7, 11) is 0. The van der Waals surface area contributed by atoms with E-state index in [9.17, 15) is 9.59 Å². The van der Waals surface area contributed by atoms with Crippen LogP contribution in [0.5, 0.6) is 0 Å². The number of hydrogen-bond acceptors (Lipinski definition) is 2. The van der Waals surface area contributed by atoms with Crippen molar-refractivity contribution < 1.29 is 9.59 Å². The van der Waals surface area contributed by atoms with Gasteiger partial charge >= 0.3 is 0 Å². The first kappa shape index (κ1) is 13.2. The topological polar surface area (TPSA) is 40.2 Å². The van der Waals surface area contributed by atoms with Gasteiger partial charge in [0.2, 0.25) is 11.8 Å². The molecule has 2 aliphatic rings. The average Bonchev–Trinajstić information content (AvgIpc) is 3.30. The largest absolute Gasteiger partial charge is 0.336 e. The van der Waals surface area contributed by atoms with E-state index in [1.165, 1.54) is 0 Å². The summed E-state index contributed by atoms with van der Waals surface area (Å²) in [6, 6.07) is 8.66. The molecule has 0 N–H and O–H groups in total. The summed E-state index contributed by atoms with van der Waals surface area (Å²) in [5, 5.41) is 0. The zero-order valence-electron chi connectivity index (χ0n) is 12.0. The molecule has 2 fully saturated rings. The second-order valence-electron chi connectivity index (χ2n) is 5.96. The van der Waals surface area contributed by atoms with E-state index in [2.05, 4.69) is 13.8 Å². The fraction of sp³-hybridized carbons (Fsp3) is 0.500. The third-order valence-electron chi connectivity index (χ3n) is 4.09. The van der Waals surface area contributed by atoms with Crippen LogP contribution in [-0.2, 0) is 22.4 Å². The van der Waals surface area contributed by atoms with Gasteiger partial charge in [-0.15, -0.1) is 0 Å². The van der Waals surface area contributed by atoms with Crippen molar-refractivity contribution in [2.24, 2.45) is 0 Å². The van der Waals surface area contributed by atoms with Crippen LogP contribution >= 0.6 is 0 Å². The van der Waals surface area contributed by atoms with E-state index in [4.69, 9.17) is 0 Å². The number of hydrogen-bond donors (Lipinski definition) is 0. The zero-order chi connectivity index (χ0) is 14.3. The second kappa shape index (κ2) is 4.93. The Balaban J connectivity index is 1.54. The van der Waals surface area contributed by atoms with Gasteiger partial charge in [0.05, 0.1) is 12.8 Å². The molecule has 0 saturated carbocycles. The molecule has 0 aliphatic carbocycles. The van der Waals surface area contributed by atoms with Crippen LogP contribution < -0.4 is 0 Å². The molecule has 1 aromatic rings. The van der Waals surface area contributed by atoms with Crippen LogP contribution in [0.2, 0.25) is 0 Å². The lowest BCUT2D eigenvalue weighted by atomic mass is 10.1. The van der Waals surface area contributed by atoms with Gasteiger partial charge in [-0.05, 0) is 25.0 Å². The molecule has 1 aromatic carbocycles. The summed E-state index contributed by atoms with van der Waals surface area (Å²) in [4.78, 5) is 27.4. The van der Waals surface area contributed by atoms with Crippen molar-refractivity contribution in [2.75, 3.05) is 13.1 Å². The molecule has 4 heteroatoms. The van der Waals surface area contributed by atoms with Gasteiger partial charge in [0, 0.05) is 25.2 Å². The first-order valence-corrected chi connectivity index (χ1v) is 7.21. The Labute approximate surface area is 119 Å². The third-order valence-corrected chi connectivity index (χ3v) is 4.09. The molecular weight excluding hydrogens is 252 g/mol. The van der Waals surface area contributed by atoms with E-state index in [0.717, 1.165) is 24.2 Å². The summed E-state index contributed by atoms with van der Waals surface area (Å²) in [6.07, 6.45) is 0.920. The SMILES string of the molecule is C[C@@H]1CN1C(=O)Cc1ccc(CC(=O)N2C[C@H]2C)cc1. The Bertz CT molecular complexity index is 489. The predicted octanol–water partition coefficient (Wildman–Crippen LogP) is 1.23. The van der Waals surface area contributed by atoms with E-state index in [1.54, 1.807) is 0 Å². The molecule has 3 rings (SSSR count). The number of rotatable bonds is 4. The normalized spacial score (nSPS) is 23.7. The summed E-state index contributed by atoms with van der Waals surface area (Å²) in [6.45, 7) is 5.89. The lowest BCUT2D eigenvalue weighted by Crippen LogP contribution is -2.16. The Morgan fingerprint density at radius 2 is 1.20 bits per heavy atom. The monoisotopic (exact) mass is 272 g/mol. The minimum absolute atomic E-state index is 0.194. The lowest BCUT2D eigenvalue weighted by Gasteiger charge is -2.06. The van der Waals surface area contributed by atoms with E-state index in [1.807, 2.05) is 34.1 Å². The molecule has 0 bridgehead atoms. The first-order chi connectivity index (χ1) is 9.54. The first-order valence-electron chi connectivity index (χ1n) is 7.21. The number of benzene rings is 1. The standard InChI is InChI=1S/C16H20N2O2/c1-11-9-17(11)15(19)7-13-3-5-14(6-4-13)8-16(20)18-10-12(18)2/h3-6,11-12H,7-10H2,1-2H3/t11-,12-,17?,18?/m1/s1. The van der Waals surface area contributed by atoms with Crippen LogP contribution in [-0.4, -0.2) is 46.8 Å². The molecule has 0 aromatic heterocycles. The van der Waals surface area contributed by atoms with Crippen molar-refractivity contribution in [3.8, 4) is 0 Å². The third kappa shape index (κ3) is 2.84. The van der Waals surface area contributed by atoms with Gasteiger partial charge in [0.1, 0.15) is 0 Å². The maximum Gasteiger partial charge on any atom is 0.227 e. The van der Waals surface area contributed by atoms with Gasteiger partial charge in [-0.25, -0.2) is 0 Å². The maximum absolute atomic E-state index is 11.8. The van der Waals surface area contributed by atoms with Crippen LogP contribution in [0.25, 0.3) is 0 Å². The highest BCUT2D eigenvalue weighted by molar-refractivity contribution is 5.82. The Hall–Kier alpha value is -1.84. The van der Waals surface area contributed by atoms with E-state index >= 15 is 0 Å².